The first-order valence-corrected chi connectivity index (χ1v) is 5.42. The molecule has 0 aliphatic rings. The molecule has 2 aromatic carbocycles. The molecular weight excluding hydrogens is 224 g/mol. The van der Waals surface area contributed by atoms with Gasteiger partial charge in [-0.25, -0.2) is 0 Å². The Morgan fingerprint density at radius 1 is 0.889 bits per heavy atom. The molecule has 0 radical (unpaired) electrons. The lowest BCUT2D eigenvalue weighted by Gasteiger charge is -2.08. The van der Waals surface area contributed by atoms with E-state index in [0.29, 0.717) is 22.6 Å². The number of hydrogen-bond donors (Lipinski definition) is 0. The average molecular weight is 234 g/mol. The van der Waals surface area contributed by atoms with E-state index in [0.717, 1.165) is 5.56 Å². The molecule has 0 saturated heterocycles. The summed E-state index contributed by atoms with van der Waals surface area (Å²) in [6.45, 7) is 1.98. The maximum Gasteiger partial charge on any atom is 0.162 e. The molecule has 2 aromatic rings. The second-order valence-electron chi connectivity index (χ2n) is 3.82. The lowest BCUT2D eigenvalue weighted by molar-refractivity contribution is 0.479. The van der Waals surface area contributed by atoms with E-state index in [2.05, 4.69) is 0 Å². The Labute approximate surface area is 105 Å². The van der Waals surface area contributed by atoms with Crippen LogP contribution in [0.3, 0.4) is 0 Å². The summed E-state index contributed by atoms with van der Waals surface area (Å²) in [5, 5.41) is 18.0. The van der Waals surface area contributed by atoms with E-state index in [4.69, 9.17) is 15.3 Å². The van der Waals surface area contributed by atoms with Crippen LogP contribution in [0.4, 0.5) is 0 Å². The first-order chi connectivity index (χ1) is 8.74. The van der Waals surface area contributed by atoms with Crippen LogP contribution in [0.25, 0.3) is 0 Å². The van der Waals surface area contributed by atoms with Crippen LogP contribution in [0.5, 0.6) is 11.5 Å². The smallest absolute Gasteiger partial charge is 0.162 e. The summed E-state index contributed by atoms with van der Waals surface area (Å²) < 4.78 is 5.63. The molecule has 3 heteroatoms. The van der Waals surface area contributed by atoms with E-state index in [-0.39, 0.29) is 0 Å². The van der Waals surface area contributed by atoms with Crippen molar-refractivity contribution in [2.24, 2.45) is 0 Å². The predicted molar refractivity (Wildman–Crippen MR) is 67.1 cm³/mol. The first kappa shape index (κ1) is 11.7. The van der Waals surface area contributed by atoms with Gasteiger partial charge in [-0.15, -0.1) is 0 Å². The van der Waals surface area contributed by atoms with E-state index in [1.165, 1.54) is 0 Å². The topological polar surface area (TPSA) is 56.8 Å². The number of rotatable bonds is 2. The number of nitriles is 2. The molecule has 0 bridgehead atoms. The second kappa shape index (κ2) is 5.03. The largest absolute Gasteiger partial charge is 0.455 e. The summed E-state index contributed by atoms with van der Waals surface area (Å²) in [5.41, 5.74) is 1.83. The number of aryl methyl sites for hydroxylation is 1. The summed E-state index contributed by atoms with van der Waals surface area (Å²) in [7, 11) is 0. The second-order valence-corrected chi connectivity index (χ2v) is 3.82. The third-order valence-electron chi connectivity index (χ3n) is 2.50. The molecule has 0 N–H and O–H groups in total. The third kappa shape index (κ3) is 2.31. The van der Waals surface area contributed by atoms with Gasteiger partial charge < -0.3 is 4.74 Å². The van der Waals surface area contributed by atoms with Crippen molar-refractivity contribution in [3.63, 3.8) is 0 Å². The Bertz CT molecular complexity index is 613. The van der Waals surface area contributed by atoms with E-state index in [1.54, 1.807) is 18.2 Å². The van der Waals surface area contributed by atoms with Gasteiger partial charge >= 0.3 is 0 Å². The quantitative estimate of drug-likeness (QED) is 0.798. The molecule has 0 aliphatic carbocycles. The standard InChI is InChI=1S/C15H10N2O/c1-11-5-7-14(8-6-11)18-15-12(9-16)3-2-4-13(15)10-17/h2-8H,1H3. The van der Waals surface area contributed by atoms with Gasteiger partial charge in [0.15, 0.2) is 5.75 Å². The fourth-order valence-electron chi connectivity index (χ4n) is 1.55. The number of nitrogens with zero attached hydrogens (tertiary/aromatic N) is 2. The normalized spacial score (nSPS) is 9.28. The highest BCUT2D eigenvalue weighted by Gasteiger charge is 2.10. The van der Waals surface area contributed by atoms with Crippen molar-refractivity contribution in [1.82, 2.24) is 0 Å². The van der Waals surface area contributed by atoms with Crippen LogP contribution in [0.1, 0.15) is 16.7 Å². The monoisotopic (exact) mass is 234 g/mol. The van der Waals surface area contributed by atoms with E-state index < -0.39 is 0 Å². The van der Waals surface area contributed by atoms with Crippen molar-refractivity contribution in [3.8, 4) is 23.6 Å². The Morgan fingerprint density at radius 3 is 1.94 bits per heavy atom. The van der Waals surface area contributed by atoms with Crippen molar-refractivity contribution in [1.29, 1.82) is 10.5 Å². The van der Waals surface area contributed by atoms with Crippen molar-refractivity contribution in [2.45, 2.75) is 6.92 Å². The number of hydrogen-bond acceptors (Lipinski definition) is 3. The van der Waals surface area contributed by atoms with Gasteiger partial charge in [0.25, 0.3) is 0 Å². The number of ether oxygens (including phenoxy) is 1. The zero-order valence-corrected chi connectivity index (χ0v) is 9.84. The Hall–Kier alpha value is -2.78. The molecule has 0 heterocycles. The Kier molecular flexibility index (Phi) is 3.27. The zero-order valence-electron chi connectivity index (χ0n) is 9.84. The molecule has 0 aromatic heterocycles. The minimum atomic E-state index is 0.311. The predicted octanol–water partition coefficient (Wildman–Crippen LogP) is 3.53. The Balaban J connectivity index is 2.43. The number of benzene rings is 2. The van der Waals surface area contributed by atoms with Crippen LogP contribution < -0.4 is 4.74 Å². The van der Waals surface area contributed by atoms with E-state index in [1.807, 2.05) is 43.3 Å². The van der Waals surface area contributed by atoms with E-state index in [9.17, 15) is 0 Å². The molecule has 0 fully saturated rings. The molecule has 2 rings (SSSR count). The van der Waals surface area contributed by atoms with Crippen molar-refractivity contribution < 1.29 is 4.74 Å². The molecule has 3 nitrogen and oxygen atoms in total. The van der Waals surface area contributed by atoms with Gasteiger partial charge in [0.1, 0.15) is 17.9 Å². The van der Waals surface area contributed by atoms with Gasteiger partial charge in [-0.2, -0.15) is 10.5 Å². The summed E-state index contributed by atoms with van der Waals surface area (Å²) in [6.07, 6.45) is 0. The van der Waals surface area contributed by atoms with Crippen LogP contribution in [-0.2, 0) is 0 Å². The van der Waals surface area contributed by atoms with Gasteiger partial charge in [0.05, 0.1) is 11.1 Å². The zero-order chi connectivity index (χ0) is 13.0. The summed E-state index contributed by atoms with van der Waals surface area (Å²) >= 11 is 0. The fraction of sp³-hybridized carbons (Fsp3) is 0.0667. The minimum absolute atomic E-state index is 0.311. The van der Waals surface area contributed by atoms with Crippen LogP contribution in [0, 0.1) is 29.6 Å². The number of para-hydroxylation sites is 1. The maximum absolute atomic E-state index is 9.02. The van der Waals surface area contributed by atoms with Crippen LogP contribution in [0.2, 0.25) is 0 Å². The third-order valence-corrected chi connectivity index (χ3v) is 2.50. The Morgan fingerprint density at radius 2 is 1.44 bits per heavy atom. The SMILES string of the molecule is Cc1ccc(Oc2c(C#N)cccc2C#N)cc1. The first-order valence-electron chi connectivity index (χ1n) is 5.42. The molecule has 86 valence electrons. The van der Waals surface area contributed by atoms with Crippen molar-refractivity contribution in [2.75, 3.05) is 0 Å². The highest BCUT2D eigenvalue weighted by molar-refractivity contribution is 5.55. The van der Waals surface area contributed by atoms with Crippen molar-refractivity contribution >= 4 is 0 Å². The summed E-state index contributed by atoms with van der Waals surface area (Å²) in [6, 6.07) is 16.4. The van der Waals surface area contributed by atoms with E-state index >= 15 is 0 Å². The van der Waals surface area contributed by atoms with Crippen LogP contribution in [-0.4, -0.2) is 0 Å². The highest BCUT2D eigenvalue weighted by atomic mass is 16.5. The summed E-state index contributed by atoms with van der Waals surface area (Å²) in [4.78, 5) is 0. The van der Waals surface area contributed by atoms with Gasteiger partial charge in [0.2, 0.25) is 0 Å². The van der Waals surface area contributed by atoms with Crippen molar-refractivity contribution in [3.05, 3.63) is 59.2 Å². The fourth-order valence-corrected chi connectivity index (χ4v) is 1.55. The van der Waals surface area contributed by atoms with Gasteiger partial charge in [-0.1, -0.05) is 23.8 Å². The van der Waals surface area contributed by atoms with Gasteiger partial charge in [-0.05, 0) is 31.2 Å². The lowest BCUT2D eigenvalue weighted by Crippen LogP contribution is -1.92. The molecule has 0 aliphatic heterocycles. The molecule has 0 spiro atoms. The van der Waals surface area contributed by atoms with Gasteiger partial charge in [0, 0.05) is 0 Å². The molecule has 0 atom stereocenters. The molecule has 18 heavy (non-hydrogen) atoms. The van der Waals surface area contributed by atoms with Crippen LogP contribution in [0.15, 0.2) is 42.5 Å². The average Bonchev–Trinajstić information content (AvgIpc) is 2.41. The minimum Gasteiger partial charge on any atom is -0.455 e. The lowest BCUT2D eigenvalue weighted by atomic mass is 10.1. The molecule has 0 unspecified atom stereocenters. The van der Waals surface area contributed by atoms with Crippen LogP contribution >= 0.6 is 0 Å². The van der Waals surface area contributed by atoms with Gasteiger partial charge in [-0.3, -0.25) is 0 Å². The highest BCUT2D eigenvalue weighted by Crippen LogP contribution is 2.28. The molecule has 0 saturated carbocycles. The summed E-state index contributed by atoms with van der Waals surface area (Å²) in [5.74, 6) is 0.922. The molecular formula is C15H10N2O. The maximum atomic E-state index is 9.02. The molecule has 0 amide bonds.